The lowest BCUT2D eigenvalue weighted by molar-refractivity contribution is -0.137. The Kier molecular flexibility index (Phi) is 2.40. The van der Waals surface area contributed by atoms with Crippen LogP contribution in [0, 0.1) is 0 Å². The number of hydrogen-bond acceptors (Lipinski definition) is 2. The third kappa shape index (κ3) is 1.83. The van der Waals surface area contributed by atoms with Crippen molar-refractivity contribution < 1.29 is 9.90 Å². The molecule has 0 unspecified atom stereocenters. The van der Waals surface area contributed by atoms with Crippen molar-refractivity contribution in [2.45, 2.75) is 6.54 Å². The Labute approximate surface area is 94.4 Å². The first-order valence-corrected chi connectivity index (χ1v) is 5.13. The Bertz CT molecular complexity index is 533. The number of benzene rings is 1. The molecule has 0 atom stereocenters. The molecular formula is C10H9BrN2O2. The van der Waals surface area contributed by atoms with E-state index in [4.69, 9.17) is 10.8 Å². The van der Waals surface area contributed by atoms with Gasteiger partial charge in [0.2, 0.25) is 0 Å². The van der Waals surface area contributed by atoms with Crippen LogP contribution in [0.5, 0.6) is 0 Å². The van der Waals surface area contributed by atoms with E-state index < -0.39 is 5.97 Å². The maximum absolute atomic E-state index is 10.6. The van der Waals surface area contributed by atoms with Crippen molar-refractivity contribution in [1.82, 2.24) is 4.57 Å². The van der Waals surface area contributed by atoms with Crippen LogP contribution in [0.2, 0.25) is 0 Å². The molecule has 1 aromatic carbocycles. The summed E-state index contributed by atoms with van der Waals surface area (Å²) in [6.07, 6.45) is 1.64. The van der Waals surface area contributed by atoms with Gasteiger partial charge in [0.25, 0.3) is 0 Å². The fourth-order valence-corrected chi connectivity index (χ4v) is 1.92. The highest BCUT2D eigenvalue weighted by Gasteiger charge is 2.08. The molecule has 1 aromatic heterocycles. The summed E-state index contributed by atoms with van der Waals surface area (Å²) < 4.78 is 2.53. The van der Waals surface area contributed by atoms with Gasteiger partial charge in [-0.25, -0.2) is 0 Å². The number of rotatable bonds is 2. The van der Waals surface area contributed by atoms with E-state index in [-0.39, 0.29) is 6.54 Å². The number of fused-ring (bicyclic) bond motifs is 1. The smallest absolute Gasteiger partial charge is 0.323 e. The monoisotopic (exact) mass is 268 g/mol. The van der Waals surface area contributed by atoms with Gasteiger partial charge in [0.15, 0.2) is 0 Å². The van der Waals surface area contributed by atoms with Crippen molar-refractivity contribution in [3.05, 3.63) is 28.9 Å². The van der Waals surface area contributed by atoms with Crippen LogP contribution >= 0.6 is 15.9 Å². The number of nitrogens with two attached hydrogens (primary N) is 1. The van der Waals surface area contributed by atoms with E-state index >= 15 is 0 Å². The van der Waals surface area contributed by atoms with E-state index in [0.717, 1.165) is 15.4 Å². The number of anilines is 1. The van der Waals surface area contributed by atoms with Gasteiger partial charge in [-0.1, -0.05) is 15.9 Å². The summed E-state index contributed by atoms with van der Waals surface area (Å²) in [5, 5.41) is 9.61. The summed E-state index contributed by atoms with van der Waals surface area (Å²) in [4.78, 5) is 10.6. The van der Waals surface area contributed by atoms with Crippen LogP contribution in [0.25, 0.3) is 10.9 Å². The number of aromatic nitrogens is 1. The highest BCUT2D eigenvalue weighted by Crippen LogP contribution is 2.26. The molecule has 4 nitrogen and oxygen atoms in total. The van der Waals surface area contributed by atoms with Gasteiger partial charge < -0.3 is 15.4 Å². The van der Waals surface area contributed by atoms with Crippen LogP contribution < -0.4 is 5.73 Å². The first-order valence-electron chi connectivity index (χ1n) is 4.33. The predicted octanol–water partition coefficient (Wildman–Crippen LogP) is 2.07. The van der Waals surface area contributed by atoms with Crippen LogP contribution in [0.4, 0.5) is 5.69 Å². The Morgan fingerprint density at radius 3 is 2.93 bits per heavy atom. The highest BCUT2D eigenvalue weighted by molar-refractivity contribution is 9.10. The van der Waals surface area contributed by atoms with Crippen molar-refractivity contribution in [2.24, 2.45) is 0 Å². The number of hydrogen-bond donors (Lipinski definition) is 2. The van der Waals surface area contributed by atoms with Crippen LogP contribution in [0.15, 0.2) is 28.9 Å². The van der Waals surface area contributed by atoms with E-state index in [0.29, 0.717) is 5.69 Å². The average molecular weight is 269 g/mol. The average Bonchev–Trinajstić information content (AvgIpc) is 2.42. The Balaban J connectivity index is 2.64. The minimum Gasteiger partial charge on any atom is -0.480 e. The molecule has 3 N–H and O–H groups in total. The zero-order chi connectivity index (χ0) is 11.0. The third-order valence-electron chi connectivity index (χ3n) is 2.18. The van der Waals surface area contributed by atoms with E-state index in [2.05, 4.69) is 15.9 Å². The van der Waals surface area contributed by atoms with Crippen molar-refractivity contribution >= 4 is 38.5 Å². The van der Waals surface area contributed by atoms with Gasteiger partial charge in [0.1, 0.15) is 6.54 Å². The fourth-order valence-electron chi connectivity index (χ4n) is 1.57. The number of aliphatic carboxylic acids is 1. The fraction of sp³-hybridized carbons (Fsp3) is 0.100. The van der Waals surface area contributed by atoms with Gasteiger partial charge >= 0.3 is 5.97 Å². The molecule has 2 aromatic rings. The Hall–Kier alpha value is -1.49. The Morgan fingerprint density at radius 2 is 2.27 bits per heavy atom. The predicted molar refractivity (Wildman–Crippen MR) is 61.7 cm³/mol. The number of carbonyl (C=O) groups is 1. The van der Waals surface area contributed by atoms with Gasteiger partial charge in [0.05, 0.1) is 11.2 Å². The third-order valence-corrected chi connectivity index (χ3v) is 2.67. The number of carboxylic acid groups (broad SMARTS) is 1. The lowest BCUT2D eigenvalue weighted by Crippen LogP contribution is -2.07. The summed E-state index contributed by atoms with van der Waals surface area (Å²) >= 11 is 3.34. The second kappa shape index (κ2) is 3.58. The van der Waals surface area contributed by atoms with Crippen LogP contribution in [0.1, 0.15) is 0 Å². The van der Waals surface area contributed by atoms with Crippen LogP contribution in [-0.4, -0.2) is 15.6 Å². The second-order valence-corrected chi connectivity index (χ2v) is 4.18. The van der Waals surface area contributed by atoms with Crippen molar-refractivity contribution in [3.63, 3.8) is 0 Å². The first-order chi connectivity index (χ1) is 7.08. The van der Waals surface area contributed by atoms with Crippen molar-refractivity contribution in [1.29, 1.82) is 0 Å². The maximum atomic E-state index is 10.6. The minimum atomic E-state index is -0.883. The van der Waals surface area contributed by atoms with Gasteiger partial charge in [-0.3, -0.25) is 4.79 Å². The standard InChI is InChI=1S/C10H9BrN2O2/c11-6-1-2-7-8(12)4-13(5-10(14)15)9(7)3-6/h1-4H,5,12H2,(H,14,15). The lowest BCUT2D eigenvalue weighted by Gasteiger charge is -2.00. The van der Waals surface area contributed by atoms with E-state index in [1.807, 2.05) is 18.2 Å². The summed E-state index contributed by atoms with van der Waals surface area (Å²) in [5.41, 5.74) is 7.19. The molecule has 0 saturated carbocycles. The summed E-state index contributed by atoms with van der Waals surface area (Å²) in [6, 6.07) is 5.60. The zero-order valence-corrected chi connectivity index (χ0v) is 9.36. The molecule has 78 valence electrons. The van der Waals surface area contributed by atoms with Gasteiger partial charge in [0, 0.05) is 16.1 Å². The lowest BCUT2D eigenvalue weighted by atomic mass is 10.2. The molecule has 0 aliphatic heterocycles. The molecule has 2 rings (SSSR count). The molecule has 0 radical (unpaired) electrons. The zero-order valence-electron chi connectivity index (χ0n) is 7.77. The molecular weight excluding hydrogens is 260 g/mol. The molecule has 0 aliphatic carbocycles. The second-order valence-electron chi connectivity index (χ2n) is 3.27. The molecule has 0 spiro atoms. The summed E-state index contributed by atoms with van der Waals surface area (Å²) in [5.74, 6) is -0.883. The molecule has 0 bridgehead atoms. The van der Waals surface area contributed by atoms with Gasteiger partial charge in [-0.2, -0.15) is 0 Å². The van der Waals surface area contributed by atoms with Crippen molar-refractivity contribution in [3.8, 4) is 0 Å². The first kappa shape index (κ1) is 10.0. The topological polar surface area (TPSA) is 68.2 Å². The SMILES string of the molecule is Nc1cn(CC(=O)O)c2cc(Br)ccc12. The maximum Gasteiger partial charge on any atom is 0.323 e. The molecule has 0 aliphatic rings. The van der Waals surface area contributed by atoms with Crippen LogP contribution in [-0.2, 0) is 11.3 Å². The minimum absolute atomic E-state index is 0.0792. The van der Waals surface area contributed by atoms with Crippen LogP contribution in [0.3, 0.4) is 0 Å². The quantitative estimate of drug-likeness (QED) is 0.876. The molecule has 0 amide bonds. The van der Waals surface area contributed by atoms with Gasteiger partial charge in [-0.15, -0.1) is 0 Å². The molecule has 5 heteroatoms. The van der Waals surface area contributed by atoms with E-state index in [1.165, 1.54) is 0 Å². The summed E-state index contributed by atoms with van der Waals surface area (Å²) in [6.45, 7) is -0.0792. The number of nitrogens with zero attached hydrogens (tertiary/aromatic N) is 1. The van der Waals surface area contributed by atoms with E-state index in [1.54, 1.807) is 10.8 Å². The molecule has 15 heavy (non-hydrogen) atoms. The number of carboxylic acids is 1. The Morgan fingerprint density at radius 1 is 1.53 bits per heavy atom. The number of nitrogen functional groups attached to an aromatic ring is 1. The molecule has 1 heterocycles. The molecule has 0 saturated heterocycles. The van der Waals surface area contributed by atoms with Gasteiger partial charge in [-0.05, 0) is 18.2 Å². The van der Waals surface area contributed by atoms with Crippen molar-refractivity contribution in [2.75, 3.05) is 5.73 Å². The number of halogens is 1. The van der Waals surface area contributed by atoms with E-state index in [9.17, 15) is 4.79 Å². The largest absolute Gasteiger partial charge is 0.480 e. The summed E-state index contributed by atoms with van der Waals surface area (Å²) in [7, 11) is 0. The molecule has 0 fully saturated rings. The highest BCUT2D eigenvalue weighted by atomic mass is 79.9. The normalized spacial score (nSPS) is 10.7.